The number of nitrogens with one attached hydrogen (secondary N) is 1. The van der Waals surface area contributed by atoms with E-state index in [9.17, 15) is 4.79 Å². The first-order valence-electron chi connectivity index (χ1n) is 6.15. The maximum Gasteiger partial charge on any atom is 0.313 e. The van der Waals surface area contributed by atoms with Crippen LogP contribution in [0, 0.1) is 0 Å². The Morgan fingerprint density at radius 1 is 1.53 bits per heavy atom. The summed E-state index contributed by atoms with van der Waals surface area (Å²) in [6, 6.07) is 0. The molecule has 5 heteroatoms. The first kappa shape index (κ1) is 10.8. The summed E-state index contributed by atoms with van der Waals surface area (Å²) in [5, 5.41) is 6.96. The standard InChI is InChI=1S/C12H16N2O3/c15-12(17-8-4-5-16-7-8)9-2-1-3-11-10(9)6-13-14-11/h6,8-9H,1-5,7H2,(H,13,14)/t8-,9-/m0/s1. The summed E-state index contributed by atoms with van der Waals surface area (Å²) in [5.41, 5.74) is 2.10. The summed E-state index contributed by atoms with van der Waals surface area (Å²) in [6.07, 6.45) is 5.36. The molecule has 1 aromatic heterocycles. The molecule has 2 atom stereocenters. The second kappa shape index (κ2) is 4.49. The molecule has 0 saturated carbocycles. The Bertz CT molecular complexity index is 410. The molecule has 1 saturated heterocycles. The van der Waals surface area contributed by atoms with Crippen molar-refractivity contribution in [3.05, 3.63) is 17.5 Å². The van der Waals surface area contributed by atoms with Crippen molar-refractivity contribution in [1.82, 2.24) is 10.2 Å². The molecule has 0 bridgehead atoms. The van der Waals surface area contributed by atoms with Crippen molar-refractivity contribution >= 4 is 5.97 Å². The first-order chi connectivity index (χ1) is 8.34. The number of nitrogens with zero attached hydrogens (tertiary/aromatic N) is 1. The topological polar surface area (TPSA) is 64.2 Å². The fourth-order valence-corrected chi connectivity index (χ4v) is 2.56. The second-order valence-electron chi connectivity index (χ2n) is 4.67. The van der Waals surface area contributed by atoms with Gasteiger partial charge in [0.15, 0.2) is 0 Å². The zero-order chi connectivity index (χ0) is 11.7. The molecule has 2 aliphatic rings. The van der Waals surface area contributed by atoms with Crippen LogP contribution in [0.1, 0.15) is 36.4 Å². The van der Waals surface area contributed by atoms with Crippen molar-refractivity contribution in [1.29, 1.82) is 0 Å². The molecule has 0 spiro atoms. The number of ether oxygens (including phenoxy) is 2. The molecular formula is C12H16N2O3. The highest BCUT2D eigenvalue weighted by Crippen LogP contribution is 2.31. The first-order valence-corrected chi connectivity index (χ1v) is 6.15. The lowest BCUT2D eigenvalue weighted by atomic mass is 9.87. The summed E-state index contributed by atoms with van der Waals surface area (Å²) < 4.78 is 10.7. The molecule has 1 aliphatic carbocycles. The maximum absolute atomic E-state index is 12.1. The highest BCUT2D eigenvalue weighted by Gasteiger charge is 2.31. The van der Waals surface area contributed by atoms with Crippen LogP contribution in [0.5, 0.6) is 0 Å². The molecule has 92 valence electrons. The van der Waals surface area contributed by atoms with Gasteiger partial charge in [-0.2, -0.15) is 5.10 Å². The van der Waals surface area contributed by atoms with E-state index in [1.54, 1.807) is 6.20 Å². The van der Waals surface area contributed by atoms with Gasteiger partial charge in [0.25, 0.3) is 0 Å². The fraction of sp³-hybridized carbons (Fsp3) is 0.667. The van der Waals surface area contributed by atoms with Crippen LogP contribution >= 0.6 is 0 Å². The predicted molar refractivity (Wildman–Crippen MR) is 59.6 cm³/mol. The monoisotopic (exact) mass is 236 g/mol. The third-order valence-corrected chi connectivity index (χ3v) is 3.50. The smallest absolute Gasteiger partial charge is 0.313 e. The summed E-state index contributed by atoms with van der Waals surface area (Å²) in [5.74, 6) is -0.263. The molecule has 3 rings (SSSR count). The number of rotatable bonds is 2. The predicted octanol–water partition coefficient (Wildman–Crippen LogP) is 1.16. The van der Waals surface area contributed by atoms with E-state index < -0.39 is 0 Å². The van der Waals surface area contributed by atoms with E-state index in [0.29, 0.717) is 13.2 Å². The van der Waals surface area contributed by atoms with Crippen LogP contribution in [-0.4, -0.2) is 35.5 Å². The van der Waals surface area contributed by atoms with Crippen LogP contribution < -0.4 is 0 Å². The Balaban J connectivity index is 1.70. The van der Waals surface area contributed by atoms with Crippen molar-refractivity contribution in [3.63, 3.8) is 0 Å². The highest BCUT2D eigenvalue weighted by atomic mass is 16.6. The van der Waals surface area contributed by atoms with E-state index in [0.717, 1.165) is 36.9 Å². The Labute approximate surface area is 99.5 Å². The molecule has 0 aromatic carbocycles. The largest absolute Gasteiger partial charge is 0.459 e. The van der Waals surface area contributed by atoms with Crippen molar-refractivity contribution in [2.45, 2.75) is 37.7 Å². The van der Waals surface area contributed by atoms with Crippen LogP contribution in [0.25, 0.3) is 0 Å². The van der Waals surface area contributed by atoms with E-state index in [-0.39, 0.29) is 18.0 Å². The number of aromatic amines is 1. The van der Waals surface area contributed by atoms with E-state index >= 15 is 0 Å². The number of H-pyrrole nitrogens is 1. The molecule has 0 radical (unpaired) electrons. The summed E-state index contributed by atoms with van der Waals surface area (Å²) in [7, 11) is 0. The van der Waals surface area contributed by atoms with E-state index in [1.165, 1.54) is 0 Å². The molecule has 1 aliphatic heterocycles. The Morgan fingerprint density at radius 2 is 2.47 bits per heavy atom. The van der Waals surface area contributed by atoms with Crippen LogP contribution in [-0.2, 0) is 20.7 Å². The number of carbonyl (C=O) groups excluding carboxylic acids is 1. The minimum Gasteiger partial charge on any atom is -0.459 e. The van der Waals surface area contributed by atoms with Gasteiger partial charge in [-0.05, 0) is 19.3 Å². The van der Waals surface area contributed by atoms with Crippen LogP contribution in [0.15, 0.2) is 6.20 Å². The molecule has 5 nitrogen and oxygen atoms in total. The number of hydrogen-bond donors (Lipinski definition) is 1. The number of esters is 1. The van der Waals surface area contributed by atoms with Crippen LogP contribution in [0.4, 0.5) is 0 Å². The average Bonchev–Trinajstić information content (AvgIpc) is 2.97. The van der Waals surface area contributed by atoms with E-state index in [1.807, 2.05) is 0 Å². The quantitative estimate of drug-likeness (QED) is 0.783. The molecule has 0 amide bonds. The molecule has 1 fully saturated rings. The summed E-state index contributed by atoms with van der Waals surface area (Å²) in [6.45, 7) is 1.23. The van der Waals surface area contributed by atoms with Gasteiger partial charge in [0, 0.05) is 17.7 Å². The van der Waals surface area contributed by atoms with Gasteiger partial charge in [0.05, 0.1) is 25.3 Å². The lowest BCUT2D eigenvalue weighted by molar-refractivity contribution is -0.151. The minimum absolute atomic E-state index is 0.0558. The minimum atomic E-state index is -0.141. The Morgan fingerprint density at radius 3 is 3.29 bits per heavy atom. The normalized spacial score (nSPS) is 27.8. The van der Waals surface area contributed by atoms with Gasteiger partial charge in [-0.25, -0.2) is 0 Å². The number of hydrogen-bond acceptors (Lipinski definition) is 4. The lowest BCUT2D eigenvalue weighted by Gasteiger charge is -2.21. The van der Waals surface area contributed by atoms with Crippen LogP contribution in [0.3, 0.4) is 0 Å². The van der Waals surface area contributed by atoms with Gasteiger partial charge >= 0.3 is 5.97 Å². The number of carbonyl (C=O) groups is 1. The SMILES string of the molecule is O=C(O[C@H]1CCOC1)[C@H]1CCCc2[nH]ncc21. The van der Waals surface area contributed by atoms with Gasteiger partial charge in [0.2, 0.25) is 0 Å². The van der Waals surface area contributed by atoms with E-state index in [4.69, 9.17) is 9.47 Å². The van der Waals surface area contributed by atoms with Crippen molar-refractivity contribution in [3.8, 4) is 0 Å². The zero-order valence-corrected chi connectivity index (χ0v) is 9.65. The molecule has 17 heavy (non-hydrogen) atoms. The van der Waals surface area contributed by atoms with Gasteiger partial charge in [-0.15, -0.1) is 0 Å². The molecule has 2 heterocycles. The van der Waals surface area contributed by atoms with Gasteiger partial charge in [-0.1, -0.05) is 0 Å². The average molecular weight is 236 g/mol. The molecular weight excluding hydrogens is 220 g/mol. The Hall–Kier alpha value is -1.36. The lowest BCUT2D eigenvalue weighted by Crippen LogP contribution is -2.25. The summed E-state index contributed by atoms with van der Waals surface area (Å²) >= 11 is 0. The van der Waals surface area contributed by atoms with Gasteiger partial charge in [-0.3, -0.25) is 9.89 Å². The molecule has 0 unspecified atom stereocenters. The molecule has 1 aromatic rings. The van der Waals surface area contributed by atoms with Crippen LogP contribution in [0.2, 0.25) is 0 Å². The Kier molecular flexibility index (Phi) is 2.84. The van der Waals surface area contributed by atoms with Crippen molar-refractivity contribution < 1.29 is 14.3 Å². The third kappa shape index (κ3) is 2.07. The maximum atomic E-state index is 12.1. The second-order valence-corrected chi connectivity index (χ2v) is 4.67. The van der Waals surface area contributed by atoms with Crippen molar-refractivity contribution in [2.75, 3.05) is 13.2 Å². The number of aromatic nitrogens is 2. The van der Waals surface area contributed by atoms with E-state index in [2.05, 4.69) is 10.2 Å². The zero-order valence-electron chi connectivity index (χ0n) is 9.65. The number of fused-ring (bicyclic) bond motifs is 1. The third-order valence-electron chi connectivity index (χ3n) is 3.50. The molecule has 1 N–H and O–H groups in total. The van der Waals surface area contributed by atoms with Gasteiger partial charge < -0.3 is 9.47 Å². The van der Waals surface area contributed by atoms with Gasteiger partial charge in [0.1, 0.15) is 6.10 Å². The number of aryl methyl sites for hydroxylation is 1. The highest BCUT2D eigenvalue weighted by molar-refractivity contribution is 5.79. The van der Waals surface area contributed by atoms with Crippen molar-refractivity contribution in [2.24, 2.45) is 0 Å². The fourth-order valence-electron chi connectivity index (χ4n) is 2.56. The summed E-state index contributed by atoms with van der Waals surface area (Å²) in [4.78, 5) is 12.1.